The summed E-state index contributed by atoms with van der Waals surface area (Å²) in [5.41, 5.74) is 1.65. The Morgan fingerprint density at radius 1 is 1.62 bits per heavy atom. The minimum atomic E-state index is 0.510. The molecule has 1 unspecified atom stereocenters. The Morgan fingerprint density at radius 2 is 2.50 bits per heavy atom. The molecular formula is C13H17N3. The summed E-state index contributed by atoms with van der Waals surface area (Å²) >= 11 is 0. The van der Waals surface area contributed by atoms with E-state index in [-0.39, 0.29) is 0 Å². The maximum Gasteiger partial charge on any atom is 0.142 e. The molecule has 0 amide bonds. The summed E-state index contributed by atoms with van der Waals surface area (Å²) in [6.45, 7) is 4.47. The van der Waals surface area contributed by atoms with Crippen molar-refractivity contribution in [3.63, 3.8) is 0 Å². The van der Waals surface area contributed by atoms with Crippen molar-refractivity contribution in [2.45, 2.75) is 26.2 Å². The Hall–Kier alpha value is -1.56. The Morgan fingerprint density at radius 3 is 3.25 bits per heavy atom. The molecule has 1 saturated heterocycles. The second kappa shape index (κ2) is 4.98. The molecule has 0 N–H and O–H groups in total. The maximum absolute atomic E-state index is 8.83. The minimum Gasteiger partial charge on any atom is -0.371 e. The van der Waals surface area contributed by atoms with Crippen LogP contribution in [0.15, 0.2) is 18.3 Å². The first-order chi connectivity index (χ1) is 7.83. The van der Waals surface area contributed by atoms with Crippen LogP contribution in [0, 0.1) is 17.2 Å². The first-order valence-corrected chi connectivity index (χ1v) is 5.94. The Balaban J connectivity index is 2.14. The van der Waals surface area contributed by atoms with Gasteiger partial charge < -0.3 is 4.90 Å². The van der Waals surface area contributed by atoms with Crippen LogP contribution in [-0.4, -0.2) is 18.1 Å². The molecule has 3 nitrogen and oxygen atoms in total. The van der Waals surface area contributed by atoms with Crippen LogP contribution in [0.3, 0.4) is 0 Å². The summed E-state index contributed by atoms with van der Waals surface area (Å²) < 4.78 is 0. The first-order valence-electron chi connectivity index (χ1n) is 5.94. The molecule has 0 radical (unpaired) electrons. The normalized spacial score (nSPS) is 20.5. The van der Waals surface area contributed by atoms with Crippen molar-refractivity contribution in [3.8, 4) is 6.07 Å². The number of piperidine rings is 1. The zero-order valence-electron chi connectivity index (χ0n) is 9.69. The lowest BCUT2D eigenvalue weighted by Gasteiger charge is -2.34. The molecule has 1 aliphatic rings. The smallest absolute Gasteiger partial charge is 0.142 e. The molecule has 1 atom stereocenters. The third-order valence-corrected chi connectivity index (χ3v) is 3.32. The van der Waals surface area contributed by atoms with Gasteiger partial charge in [0.25, 0.3) is 0 Å². The van der Waals surface area contributed by atoms with Gasteiger partial charge in [0.1, 0.15) is 11.8 Å². The van der Waals surface area contributed by atoms with Gasteiger partial charge in [0.15, 0.2) is 0 Å². The quantitative estimate of drug-likeness (QED) is 0.761. The second-order valence-electron chi connectivity index (χ2n) is 4.37. The van der Waals surface area contributed by atoms with E-state index in [4.69, 9.17) is 5.26 Å². The van der Waals surface area contributed by atoms with Gasteiger partial charge in [-0.3, -0.25) is 0 Å². The number of hydrogen-bond acceptors (Lipinski definition) is 3. The molecule has 1 fully saturated rings. The summed E-state index contributed by atoms with van der Waals surface area (Å²) in [5.74, 6) is 0.799. The molecule has 0 aromatic carbocycles. The van der Waals surface area contributed by atoms with Crippen LogP contribution < -0.4 is 4.90 Å². The molecule has 0 bridgehead atoms. The van der Waals surface area contributed by atoms with E-state index in [1.165, 1.54) is 19.3 Å². The van der Waals surface area contributed by atoms with Crippen molar-refractivity contribution in [2.24, 2.45) is 5.92 Å². The second-order valence-corrected chi connectivity index (χ2v) is 4.37. The molecule has 2 rings (SSSR count). The molecule has 1 aromatic rings. The van der Waals surface area contributed by atoms with Crippen LogP contribution in [0.25, 0.3) is 0 Å². The molecular weight excluding hydrogens is 198 g/mol. The largest absolute Gasteiger partial charge is 0.371 e. The maximum atomic E-state index is 8.83. The van der Waals surface area contributed by atoms with Gasteiger partial charge in [-0.1, -0.05) is 13.3 Å². The lowest BCUT2D eigenvalue weighted by atomic mass is 9.95. The molecule has 1 aromatic heterocycles. The predicted octanol–water partition coefficient (Wildman–Crippen LogP) is 2.58. The van der Waals surface area contributed by atoms with Crippen LogP contribution in [0.2, 0.25) is 0 Å². The zero-order chi connectivity index (χ0) is 11.4. The van der Waals surface area contributed by atoms with Crippen LogP contribution >= 0.6 is 0 Å². The summed E-state index contributed by atoms with van der Waals surface area (Å²) in [7, 11) is 0. The Labute approximate surface area is 96.7 Å². The summed E-state index contributed by atoms with van der Waals surface area (Å²) in [6.07, 6.45) is 5.56. The number of rotatable bonds is 2. The number of hydrogen-bond donors (Lipinski definition) is 0. The fraction of sp³-hybridized carbons (Fsp3) is 0.538. The number of aromatic nitrogens is 1. The lowest BCUT2D eigenvalue weighted by molar-refractivity contribution is 0.404. The molecule has 0 aliphatic carbocycles. The molecule has 0 spiro atoms. The van der Waals surface area contributed by atoms with Crippen LogP contribution in [0.4, 0.5) is 5.69 Å². The zero-order valence-corrected chi connectivity index (χ0v) is 9.69. The predicted molar refractivity (Wildman–Crippen MR) is 64.2 cm³/mol. The molecule has 84 valence electrons. The fourth-order valence-corrected chi connectivity index (χ4v) is 2.31. The highest BCUT2D eigenvalue weighted by Crippen LogP contribution is 2.24. The fourth-order valence-electron chi connectivity index (χ4n) is 2.31. The van der Waals surface area contributed by atoms with Crippen molar-refractivity contribution in [2.75, 3.05) is 18.0 Å². The first kappa shape index (κ1) is 10.9. The average molecular weight is 215 g/mol. The van der Waals surface area contributed by atoms with Crippen LogP contribution in [0.1, 0.15) is 31.9 Å². The third kappa shape index (κ3) is 2.33. The van der Waals surface area contributed by atoms with E-state index in [0.29, 0.717) is 5.69 Å². The van der Waals surface area contributed by atoms with Gasteiger partial charge in [-0.05, 0) is 30.9 Å². The molecule has 3 heteroatoms. The standard InChI is InChI=1S/C13H17N3/c1-2-11-4-3-7-16(10-11)13-5-6-15-12(8-13)9-14/h5-6,8,11H,2-4,7,10H2,1H3. The Kier molecular flexibility index (Phi) is 3.40. The van der Waals surface area contributed by atoms with Crippen LogP contribution in [0.5, 0.6) is 0 Å². The molecule has 16 heavy (non-hydrogen) atoms. The van der Waals surface area contributed by atoms with Crippen molar-refractivity contribution in [1.29, 1.82) is 5.26 Å². The molecule has 0 saturated carbocycles. The average Bonchev–Trinajstić information content (AvgIpc) is 2.39. The number of pyridine rings is 1. The number of nitriles is 1. The van der Waals surface area contributed by atoms with Crippen LogP contribution in [-0.2, 0) is 0 Å². The van der Waals surface area contributed by atoms with E-state index in [9.17, 15) is 0 Å². The Bertz CT molecular complexity index is 394. The minimum absolute atomic E-state index is 0.510. The number of anilines is 1. The highest BCUT2D eigenvalue weighted by atomic mass is 15.1. The topological polar surface area (TPSA) is 39.9 Å². The third-order valence-electron chi connectivity index (χ3n) is 3.32. The van der Waals surface area contributed by atoms with E-state index in [0.717, 1.165) is 24.7 Å². The van der Waals surface area contributed by atoms with Gasteiger partial charge >= 0.3 is 0 Å². The highest BCUT2D eigenvalue weighted by Gasteiger charge is 2.18. The lowest BCUT2D eigenvalue weighted by Crippen LogP contribution is -2.35. The van der Waals surface area contributed by atoms with Crippen molar-refractivity contribution in [3.05, 3.63) is 24.0 Å². The van der Waals surface area contributed by atoms with E-state index in [2.05, 4.69) is 22.9 Å². The van der Waals surface area contributed by atoms with E-state index >= 15 is 0 Å². The van der Waals surface area contributed by atoms with Gasteiger partial charge in [0.05, 0.1) is 0 Å². The summed E-state index contributed by atoms with van der Waals surface area (Å²) in [6, 6.07) is 5.98. The van der Waals surface area contributed by atoms with Gasteiger partial charge in [0, 0.05) is 25.0 Å². The van der Waals surface area contributed by atoms with Gasteiger partial charge in [0.2, 0.25) is 0 Å². The van der Waals surface area contributed by atoms with Gasteiger partial charge in [-0.15, -0.1) is 0 Å². The monoisotopic (exact) mass is 215 g/mol. The summed E-state index contributed by atoms with van der Waals surface area (Å²) in [5, 5.41) is 8.83. The molecule has 2 heterocycles. The highest BCUT2D eigenvalue weighted by molar-refractivity contribution is 5.49. The van der Waals surface area contributed by atoms with Crippen molar-refractivity contribution < 1.29 is 0 Å². The van der Waals surface area contributed by atoms with E-state index in [1.54, 1.807) is 6.20 Å². The van der Waals surface area contributed by atoms with Crippen molar-refractivity contribution >= 4 is 5.69 Å². The van der Waals surface area contributed by atoms with E-state index < -0.39 is 0 Å². The SMILES string of the molecule is CCC1CCCN(c2ccnc(C#N)c2)C1. The molecule has 1 aliphatic heterocycles. The van der Waals surface area contributed by atoms with E-state index in [1.807, 2.05) is 12.1 Å². The summed E-state index contributed by atoms with van der Waals surface area (Å²) in [4.78, 5) is 6.38. The number of nitrogens with zero attached hydrogens (tertiary/aromatic N) is 3. The van der Waals surface area contributed by atoms with Crippen molar-refractivity contribution in [1.82, 2.24) is 4.98 Å². The van der Waals surface area contributed by atoms with Gasteiger partial charge in [-0.25, -0.2) is 4.98 Å². The van der Waals surface area contributed by atoms with Gasteiger partial charge in [-0.2, -0.15) is 5.26 Å².